The van der Waals surface area contributed by atoms with E-state index in [1.807, 2.05) is 172 Å². The number of rotatable bonds is 38. The summed E-state index contributed by atoms with van der Waals surface area (Å²) >= 11 is 0. The van der Waals surface area contributed by atoms with Gasteiger partial charge in [0.1, 0.15) is 56.1 Å². The molecule has 1 unspecified atom stereocenters. The van der Waals surface area contributed by atoms with Crippen LogP contribution in [0.4, 0.5) is 40.7 Å². The number of fused-ring (bicyclic) bond motifs is 3. The van der Waals surface area contributed by atoms with Crippen molar-refractivity contribution < 1.29 is 108 Å². The van der Waals surface area contributed by atoms with Crippen molar-refractivity contribution >= 4 is 104 Å². The second-order valence-electron chi connectivity index (χ2n) is 34.0. The van der Waals surface area contributed by atoms with Crippen LogP contribution in [0.15, 0.2) is 218 Å². The molecular formula is C101H122F6N10O17. The highest BCUT2D eigenvalue weighted by atomic mass is 19.4. The predicted molar refractivity (Wildman–Crippen MR) is 497 cm³/mol. The monoisotopic (exact) mass is 1860 g/mol. The highest BCUT2D eigenvalue weighted by Crippen LogP contribution is 2.31. The van der Waals surface area contributed by atoms with E-state index in [2.05, 4.69) is 53.2 Å². The van der Waals surface area contributed by atoms with Crippen LogP contribution in [0.1, 0.15) is 148 Å². The molecule has 0 aliphatic carbocycles. The van der Waals surface area contributed by atoms with Gasteiger partial charge < -0.3 is 77.6 Å². The molecule has 2 heterocycles. The Morgan fingerprint density at radius 1 is 0.373 bits per heavy atom. The second kappa shape index (κ2) is 52.7. The van der Waals surface area contributed by atoms with E-state index in [-0.39, 0.29) is 97.4 Å². The second-order valence-corrected chi connectivity index (χ2v) is 34.0. The number of aliphatic hydroxyl groups is 1. The molecule has 11 atom stereocenters. The van der Waals surface area contributed by atoms with Crippen LogP contribution in [0.25, 0.3) is 32.3 Å². The van der Waals surface area contributed by atoms with Gasteiger partial charge in [-0.2, -0.15) is 26.3 Å². The molecule has 2 saturated heterocycles. The molecule has 27 nitrogen and oxygen atoms in total. The zero-order valence-corrected chi connectivity index (χ0v) is 74.2. The number of halogens is 6. The van der Waals surface area contributed by atoms with Crippen molar-refractivity contribution in [1.82, 2.24) is 53.2 Å². The van der Waals surface area contributed by atoms with Gasteiger partial charge in [0.05, 0.1) is 12.1 Å². The van der Waals surface area contributed by atoms with Crippen LogP contribution in [0, 0.1) is 29.6 Å². The minimum Gasteiger partial charge on any atom is -0.480 e. The number of Topliss-reactive ketones (excluding diaryl/α,β-unsaturated/α-hetero) is 1. The molecule has 134 heavy (non-hydrogen) atoms. The lowest BCUT2D eigenvalue weighted by Crippen LogP contribution is -2.59. The van der Waals surface area contributed by atoms with Crippen LogP contribution >= 0.6 is 0 Å². The average molecular weight is 1860 g/mol. The van der Waals surface area contributed by atoms with E-state index < -0.39 is 163 Å². The van der Waals surface area contributed by atoms with Gasteiger partial charge in [-0.1, -0.05) is 275 Å². The number of hydrogen-bond donors (Lipinski definition) is 12. The normalized spacial score (nSPS) is 15.6. The van der Waals surface area contributed by atoms with Gasteiger partial charge in [-0.25, -0.2) is 19.2 Å². The first-order valence-corrected chi connectivity index (χ1v) is 43.9. The number of piperidine rings is 2. The van der Waals surface area contributed by atoms with Gasteiger partial charge in [0.25, 0.3) is 5.78 Å². The first kappa shape index (κ1) is 108. The number of alkyl carbamates (subject to hydrolysis) is 3. The SMILES string of the molecule is C.C.CC(C)C[C@H](NC(=O)[C@H](Cc1cccc2ccccc12)NC(=O)OCc1ccccc1)C(=O)N[C@@H](C[C@@H]1CCCNC1=O)C(=O)C(F)(F)F.CC(C)C[C@H](NC(=O)[C@H](Cc1cccc2ccccc12)NC(=O)OCc1ccccc1)C(=O)N[C@@H](C[C@@H]1CCCNC1=O)C(O)C(F)(F)F.CC(C)C[C@H](NC(=O)[C@H](Cc1cccc2ccccc12)NC(=O)OCc1ccccc1)C(=O)O. The number of aliphatic hydroxyl groups excluding tert-OH is 1. The fourth-order valence-electron chi connectivity index (χ4n) is 15.5. The number of carbonyl (C=O) groups excluding carboxylic acids is 11. The summed E-state index contributed by atoms with van der Waals surface area (Å²) in [5.41, 5.74) is 4.56. The van der Waals surface area contributed by atoms with E-state index in [0.29, 0.717) is 37.9 Å². The molecular weight excluding hydrogens is 1740 g/mol. The number of carbonyl (C=O) groups is 12. The fourth-order valence-corrected chi connectivity index (χ4v) is 15.5. The summed E-state index contributed by atoms with van der Waals surface area (Å²) in [7, 11) is 0. The number of alkyl halides is 6. The number of aliphatic carboxylic acids is 1. The molecule has 2 aliphatic rings. The van der Waals surface area contributed by atoms with E-state index in [9.17, 15) is 94.1 Å². The van der Waals surface area contributed by atoms with Gasteiger partial charge in [-0.3, -0.25) is 38.4 Å². The summed E-state index contributed by atoms with van der Waals surface area (Å²) in [6, 6.07) is 55.4. The van der Waals surface area contributed by atoms with Crippen molar-refractivity contribution in [3.8, 4) is 0 Å². The highest BCUT2D eigenvalue weighted by molar-refractivity contribution is 5.98. The summed E-state index contributed by atoms with van der Waals surface area (Å²) in [6.07, 6.45) is -14.7. The predicted octanol–water partition coefficient (Wildman–Crippen LogP) is 14.8. The molecule has 9 aromatic rings. The number of benzene rings is 9. The number of ether oxygens (including phenoxy) is 3. The Morgan fingerprint density at radius 3 is 0.985 bits per heavy atom. The van der Waals surface area contributed by atoms with Gasteiger partial charge in [0.2, 0.25) is 41.4 Å². The van der Waals surface area contributed by atoms with Crippen LogP contribution < -0.4 is 53.2 Å². The third-order valence-electron chi connectivity index (χ3n) is 22.2. The summed E-state index contributed by atoms with van der Waals surface area (Å²) < 4.78 is 98.0. The Labute approximate surface area is 775 Å². The van der Waals surface area contributed by atoms with Crippen LogP contribution in [0.5, 0.6) is 0 Å². The summed E-state index contributed by atoms with van der Waals surface area (Å²) in [5, 5.41) is 50.5. The van der Waals surface area contributed by atoms with Crippen molar-refractivity contribution in [2.75, 3.05) is 13.1 Å². The third kappa shape index (κ3) is 34.3. The van der Waals surface area contributed by atoms with E-state index in [1.165, 1.54) is 0 Å². The van der Waals surface area contributed by atoms with Crippen LogP contribution in [0.2, 0.25) is 0 Å². The quantitative estimate of drug-likeness (QED) is 0.0126. The lowest BCUT2D eigenvalue weighted by molar-refractivity contribution is -0.213. The van der Waals surface area contributed by atoms with Crippen LogP contribution in [-0.2, 0) is 96.4 Å². The first-order valence-electron chi connectivity index (χ1n) is 43.9. The molecule has 0 bridgehead atoms. The molecule has 12 N–H and O–H groups in total. The Kier molecular flexibility index (Phi) is 42.3. The van der Waals surface area contributed by atoms with Gasteiger partial charge in [0.15, 0.2) is 6.10 Å². The Morgan fingerprint density at radius 2 is 0.664 bits per heavy atom. The summed E-state index contributed by atoms with van der Waals surface area (Å²) in [6.45, 7) is 11.5. The topological polar surface area (TPSA) is 393 Å². The maximum absolute atomic E-state index is 13.9. The number of amides is 10. The van der Waals surface area contributed by atoms with Crippen molar-refractivity contribution in [2.24, 2.45) is 29.6 Å². The molecule has 720 valence electrons. The Bertz CT molecular complexity index is 5370. The Balaban J connectivity index is 0.000000277. The zero-order valence-electron chi connectivity index (χ0n) is 74.2. The van der Waals surface area contributed by atoms with Crippen molar-refractivity contribution in [3.05, 3.63) is 252 Å². The first-order chi connectivity index (χ1) is 63.0. The number of carboxylic acids is 1. The smallest absolute Gasteiger partial charge is 0.452 e. The molecule has 9 aromatic carbocycles. The van der Waals surface area contributed by atoms with Crippen molar-refractivity contribution in [3.63, 3.8) is 0 Å². The van der Waals surface area contributed by atoms with E-state index in [4.69, 9.17) is 14.2 Å². The number of carboxylic acid groups (broad SMARTS) is 1. The van der Waals surface area contributed by atoms with Gasteiger partial charge in [0, 0.05) is 44.2 Å². The molecule has 0 radical (unpaired) electrons. The van der Waals surface area contributed by atoms with Gasteiger partial charge in [-0.05, 0) is 141 Å². The molecule has 11 rings (SSSR count). The average Bonchev–Trinajstić information content (AvgIpc) is 0.832. The summed E-state index contributed by atoms with van der Waals surface area (Å²) in [4.78, 5) is 155. The summed E-state index contributed by atoms with van der Waals surface area (Å²) in [5.74, 6) is -10.4. The number of hydrogen-bond acceptors (Lipinski definition) is 16. The van der Waals surface area contributed by atoms with Gasteiger partial charge in [-0.15, -0.1) is 0 Å². The van der Waals surface area contributed by atoms with Crippen molar-refractivity contribution in [2.45, 2.75) is 220 Å². The maximum atomic E-state index is 13.9. The van der Waals surface area contributed by atoms with E-state index >= 15 is 0 Å². The molecule has 0 spiro atoms. The zero-order chi connectivity index (χ0) is 95.6. The molecule has 10 amide bonds. The molecule has 33 heteroatoms. The highest BCUT2D eigenvalue weighted by Gasteiger charge is 2.48. The molecule has 0 saturated carbocycles. The van der Waals surface area contributed by atoms with Gasteiger partial charge >= 0.3 is 36.6 Å². The standard InChI is InChI=1S/C36H43F3N4O6.C36H41F3N4O6.C27H30N2O5.2CH4/c2*1-22(2)18-29(33(46)41-28(31(44)36(37,38)39)20-26-15-9-17-40-32(26)45)42-34(47)30(43-35(48)49-21-23-10-4-3-5-11-23)19-25-14-8-13-24-12-6-7-16-27(24)25;1-18(2)15-24(26(31)32)28-25(30)23(29-27(33)34-17-19-9-4-3-5-10-19)16-21-13-8-12-20-11-6-7-14-22(20)21;;/h3-8,10-14,16,22,26,28-31,44H,9,15,17-21H2,1-2H3,(H,40,45)(H,41,46)(H,42,47)(H,43,48);3-8,10-14,16,22,26,28-30H,9,15,17-21H2,1-2H3,(H,40,45)(H,41,46)(H,42,47)(H,43,48);3-14,18,23-24H,15-17H2,1-2H3,(H,28,30)(H,29,33)(H,31,32);2*1H4/t26-,28-,29-,30-,31?;26-,28-,29-,30-;23-,24-;;/m000../s1. The molecule has 0 aromatic heterocycles. The van der Waals surface area contributed by atoms with Crippen LogP contribution in [-0.4, -0.2) is 161 Å². The number of ketones is 1. The largest absolute Gasteiger partial charge is 0.480 e. The van der Waals surface area contributed by atoms with Crippen LogP contribution in [0.3, 0.4) is 0 Å². The number of nitrogens with one attached hydrogen (secondary N) is 10. The molecule has 2 aliphatic heterocycles. The van der Waals surface area contributed by atoms with E-state index in [0.717, 1.165) is 60.1 Å². The third-order valence-corrected chi connectivity index (χ3v) is 22.2. The minimum absolute atomic E-state index is 0. The minimum atomic E-state index is -5.27. The Hall–Kier alpha value is -13.5. The molecule has 2 fully saturated rings. The lowest BCUT2D eigenvalue weighted by atomic mass is 9.89. The maximum Gasteiger partial charge on any atom is 0.452 e. The lowest BCUT2D eigenvalue weighted by Gasteiger charge is -2.32. The van der Waals surface area contributed by atoms with E-state index in [1.54, 1.807) is 88.4 Å². The van der Waals surface area contributed by atoms with Crippen molar-refractivity contribution in [1.29, 1.82) is 0 Å². The fraction of sp³-hybridized carbons (Fsp3) is 0.406.